The molecule has 0 saturated heterocycles. The number of hydrogen-bond acceptors (Lipinski definition) is 6. The van der Waals surface area contributed by atoms with Crippen molar-refractivity contribution in [3.63, 3.8) is 0 Å². The molecule has 2 aliphatic rings. The van der Waals surface area contributed by atoms with E-state index < -0.39 is 46.2 Å². The number of carbonyl (C=O) groups is 1. The van der Waals surface area contributed by atoms with Crippen molar-refractivity contribution in [1.29, 1.82) is 0 Å². The molecule has 176 valence electrons. The molecule has 1 aromatic carbocycles. The number of hydrogen-bond donors (Lipinski definition) is 1. The Balaban J connectivity index is 1.87. The van der Waals surface area contributed by atoms with E-state index in [1.807, 2.05) is 0 Å². The molecule has 0 aliphatic heterocycles. The lowest BCUT2D eigenvalue weighted by molar-refractivity contribution is -0.275. The Labute approximate surface area is 184 Å². The highest BCUT2D eigenvalue weighted by Gasteiger charge is 2.37. The third kappa shape index (κ3) is 7.60. The molecule has 32 heavy (non-hydrogen) atoms. The van der Waals surface area contributed by atoms with E-state index in [0.717, 1.165) is 50.3 Å². The minimum absolute atomic E-state index is 0.161. The van der Waals surface area contributed by atoms with Gasteiger partial charge in [-0.3, -0.25) is 4.55 Å². The number of benzene rings is 1. The van der Waals surface area contributed by atoms with Gasteiger partial charge in [-0.05, 0) is 56.7 Å². The molecule has 2 aliphatic carbocycles. The van der Waals surface area contributed by atoms with Crippen LogP contribution in [0.15, 0.2) is 18.2 Å². The average Bonchev–Trinajstić information content (AvgIpc) is 3.51. The predicted octanol–water partition coefficient (Wildman–Crippen LogP) is 4.12. The van der Waals surface area contributed by atoms with Crippen LogP contribution in [0, 0.1) is 17.8 Å². The van der Waals surface area contributed by atoms with Crippen LogP contribution in [0.4, 0.5) is 13.2 Å². The van der Waals surface area contributed by atoms with Crippen molar-refractivity contribution in [2.24, 2.45) is 5.92 Å². The number of alkyl halides is 3. The molecule has 1 aromatic rings. The van der Waals surface area contributed by atoms with Crippen LogP contribution < -0.4 is 9.47 Å². The number of ether oxygens (including phenoxy) is 3. The van der Waals surface area contributed by atoms with E-state index in [-0.39, 0.29) is 17.2 Å². The van der Waals surface area contributed by atoms with Crippen LogP contribution >= 0.6 is 0 Å². The molecule has 0 aromatic heterocycles. The maximum atomic E-state index is 12.9. The second-order valence-electron chi connectivity index (χ2n) is 7.83. The summed E-state index contributed by atoms with van der Waals surface area (Å²) in [5, 5.41) is 0. The Hall–Kier alpha value is -2.45. The Bertz CT molecular complexity index is 998. The third-order valence-corrected chi connectivity index (χ3v) is 5.71. The summed E-state index contributed by atoms with van der Waals surface area (Å²) < 4.78 is 83.9. The zero-order chi connectivity index (χ0) is 23.4. The van der Waals surface area contributed by atoms with E-state index in [4.69, 9.17) is 14.0 Å². The molecule has 0 radical (unpaired) electrons. The van der Waals surface area contributed by atoms with E-state index in [2.05, 4.69) is 16.6 Å². The molecule has 3 rings (SSSR count). The van der Waals surface area contributed by atoms with E-state index in [1.54, 1.807) is 0 Å². The van der Waals surface area contributed by atoms with Gasteiger partial charge in [0.1, 0.15) is 12.4 Å². The highest BCUT2D eigenvalue weighted by atomic mass is 32.2. The first kappa shape index (κ1) is 24.2. The largest absolute Gasteiger partial charge is 0.573 e. The summed E-state index contributed by atoms with van der Waals surface area (Å²) in [5.41, 5.74) is -1.15. The molecule has 0 heterocycles. The SMILES string of the molecule is O=C(OCCS(=O)(=O)O)c1ccc(OC(F)(F)F)c(OC2(C#CC3CC3)CCCCC2)c1. The number of esters is 1. The summed E-state index contributed by atoms with van der Waals surface area (Å²) in [4.78, 5) is 12.2. The van der Waals surface area contributed by atoms with Crippen LogP contribution in [-0.2, 0) is 14.9 Å². The summed E-state index contributed by atoms with van der Waals surface area (Å²) in [6, 6.07) is 3.05. The molecular weight excluding hydrogens is 453 g/mol. The van der Waals surface area contributed by atoms with Crippen molar-refractivity contribution in [3.8, 4) is 23.3 Å². The summed E-state index contributed by atoms with van der Waals surface area (Å²) in [6.45, 7) is -0.620. The van der Waals surface area contributed by atoms with Gasteiger partial charge in [0.05, 0.1) is 5.56 Å². The summed E-state index contributed by atoms with van der Waals surface area (Å²) in [5.74, 6) is 3.79. The van der Waals surface area contributed by atoms with Crippen LogP contribution in [0.3, 0.4) is 0 Å². The highest BCUT2D eigenvalue weighted by Crippen LogP contribution is 2.40. The fraction of sp³-hybridized carbons (Fsp3) is 0.571. The zero-order valence-corrected chi connectivity index (χ0v) is 17.9. The van der Waals surface area contributed by atoms with Crippen LogP contribution in [0.25, 0.3) is 0 Å². The van der Waals surface area contributed by atoms with Crippen LogP contribution in [0.1, 0.15) is 55.3 Å². The van der Waals surface area contributed by atoms with E-state index in [9.17, 15) is 26.4 Å². The van der Waals surface area contributed by atoms with E-state index >= 15 is 0 Å². The quantitative estimate of drug-likeness (QED) is 0.359. The Morgan fingerprint density at radius 3 is 2.44 bits per heavy atom. The van der Waals surface area contributed by atoms with Gasteiger partial charge in [-0.2, -0.15) is 8.42 Å². The van der Waals surface area contributed by atoms with Gasteiger partial charge in [0.15, 0.2) is 17.1 Å². The van der Waals surface area contributed by atoms with Gasteiger partial charge in [0.25, 0.3) is 10.1 Å². The minimum Gasteiger partial charge on any atom is -0.471 e. The first-order chi connectivity index (χ1) is 14.9. The fourth-order valence-electron chi connectivity index (χ4n) is 3.29. The van der Waals surface area contributed by atoms with Crippen LogP contribution in [0.2, 0.25) is 0 Å². The third-order valence-electron chi connectivity index (χ3n) is 5.03. The Morgan fingerprint density at radius 2 is 1.84 bits per heavy atom. The molecule has 0 bridgehead atoms. The van der Waals surface area contributed by atoms with E-state index in [0.29, 0.717) is 12.8 Å². The number of rotatable bonds is 7. The molecule has 11 heteroatoms. The molecular formula is C21H23F3O7S. The fourth-order valence-corrected chi connectivity index (χ4v) is 3.59. The minimum atomic E-state index is -4.98. The smallest absolute Gasteiger partial charge is 0.471 e. The van der Waals surface area contributed by atoms with Crippen LogP contribution in [0.5, 0.6) is 11.5 Å². The van der Waals surface area contributed by atoms with Crippen LogP contribution in [-0.4, -0.2) is 43.3 Å². The van der Waals surface area contributed by atoms with Crippen molar-refractivity contribution >= 4 is 16.1 Å². The first-order valence-electron chi connectivity index (χ1n) is 10.2. The van der Waals surface area contributed by atoms with Gasteiger partial charge in [-0.25, -0.2) is 4.79 Å². The maximum absolute atomic E-state index is 12.9. The summed E-state index contributed by atoms with van der Waals surface area (Å²) >= 11 is 0. The van der Waals surface area contributed by atoms with Crippen molar-refractivity contribution in [2.45, 2.75) is 56.9 Å². The topological polar surface area (TPSA) is 99.1 Å². The summed E-state index contributed by atoms with van der Waals surface area (Å²) in [6.07, 6.45) is 0.602. The first-order valence-corrected chi connectivity index (χ1v) is 11.8. The zero-order valence-electron chi connectivity index (χ0n) is 17.1. The van der Waals surface area contributed by atoms with Crippen molar-refractivity contribution < 1.29 is 45.1 Å². The molecule has 0 atom stereocenters. The van der Waals surface area contributed by atoms with Crippen molar-refractivity contribution in [1.82, 2.24) is 0 Å². The average molecular weight is 476 g/mol. The standard InChI is InChI=1S/C21H23F3O7S/c22-21(23,24)31-17-7-6-16(19(25)29-12-13-32(26,27)28)14-18(17)30-20(9-2-1-3-10-20)11-8-15-4-5-15/h6-7,14-15H,1-5,9-10,12-13H2,(H,26,27,28). The van der Waals surface area contributed by atoms with Gasteiger partial charge >= 0.3 is 12.3 Å². The molecule has 7 nitrogen and oxygen atoms in total. The normalized spacial score (nSPS) is 18.2. The monoisotopic (exact) mass is 476 g/mol. The maximum Gasteiger partial charge on any atom is 0.573 e. The Morgan fingerprint density at radius 1 is 1.16 bits per heavy atom. The highest BCUT2D eigenvalue weighted by molar-refractivity contribution is 7.85. The molecule has 0 amide bonds. The lowest BCUT2D eigenvalue weighted by Gasteiger charge is -2.34. The van der Waals surface area contributed by atoms with Gasteiger partial charge in [-0.1, -0.05) is 18.3 Å². The van der Waals surface area contributed by atoms with Gasteiger partial charge in [0.2, 0.25) is 0 Å². The van der Waals surface area contributed by atoms with Gasteiger partial charge in [-0.15, -0.1) is 13.2 Å². The molecule has 0 unspecified atom stereocenters. The number of carbonyl (C=O) groups excluding carboxylic acids is 1. The molecule has 1 N–H and O–H groups in total. The lowest BCUT2D eigenvalue weighted by atomic mass is 9.85. The predicted molar refractivity (Wildman–Crippen MR) is 107 cm³/mol. The van der Waals surface area contributed by atoms with Crippen molar-refractivity contribution in [3.05, 3.63) is 23.8 Å². The van der Waals surface area contributed by atoms with Crippen molar-refractivity contribution in [2.75, 3.05) is 12.4 Å². The number of halogens is 3. The summed E-state index contributed by atoms with van der Waals surface area (Å²) in [7, 11) is -4.33. The molecule has 2 fully saturated rings. The lowest BCUT2D eigenvalue weighted by Crippen LogP contribution is -2.37. The van der Waals surface area contributed by atoms with Gasteiger partial charge < -0.3 is 14.2 Å². The second-order valence-corrected chi connectivity index (χ2v) is 9.40. The van der Waals surface area contributed by atoms with E-state index in [1.165, 1.54) is 0 Å². The van der Waals surface area contributed by atoms with Gasteiger partial charge in [0, 0.05) is 5.92 Å². The molecule has 2 saturated carbocycles. The second kappa shape index (κ2) is 9.58. The Kier molecular flexibility index (Phi) is 7.25. The molecule has 0 spiro atoms.